The van der Waals surface area contributed by atoms with Crippen molar-refractivity contribution in [3.8, 4) is 11.5 Å². The first-order chi connectivity index (χ1) is 14.4. The van der Waals surface area contributed by atoms with Crippen LogP contribution in [0.15, 0.2) is 45.5 Å². The van der Waals surface area contributed by atoms with Crippen molar-refractivity contribution >= 4 is 22.9 Å². The minimum Gasteiger partial charge on any atom is -0.420 e. The highest BCUT2D eigenvalue weighted by Crippen LogP contribution is 2.34. The molecule has 2 aromatic heterocycles. The number of para-hydroxylation sites is 1. The number of anilines is 1. The summed E-state index contributed by atoms with van der Waals surface area (Å²) in [6.07, 6.45) is -3.05. The number of hydrogen-bond acceptors (Lipinski definition) is 6. The van der Waals surface area contributed by atoms with Crippen LogP contribution in [-0.4, -0.2) is 40.6 Å². The fraction of sp³-hybridized carbons (Fsp3) is 0.350. The van der Waals surface area contributed by atoms with E-state index in [1.165, 1.54) is 18.2 Å². The van der Waals surface area contributed by atoms with Crippen LogP contribution >= 0.6 is 11.3 Å². The van der Waals surface area contributed by atoms with Crippen molar-refractivity contribution in [2.75, 3.05) is 25.0 Å². The zero-order valence-corrected chi connectivity index (χ0v) is 16.7. The Morgan fingerprint density at radius 3 is 2.67 bits per heavy atom. The van der Waals surface area contributed by atoms with Crippen molar-refractivity contribution in [2.24, 2.45) is 0 Å². The molecule has 30 heavy (non-hydrogen) atoms. The number of nitrogens with zero attached hydrogens (tertiary/aromatic N) is 3. The normalized spacial score (nSPS) is 16.0. The summed E-state index contributed by atoms with van der Waals surface area (Å²) in [5.41, 5.74) is -0.182. The third kappa shape index (κ3) is 4.71. The van der Waals surface area contributed by atoms with E-state index in [0.29, 0.717) is 24.9 Å². The maximum Gasteiger partial charge on any atom is 0.418 e. The van der Waals surface area contributed by atoms with Crippen LogP contribution in [-0.2, 0) is 11.0 Å². The summed E-state index contributed by atoms with van der Waals surface area (Å²) in [7, 11) is 0. The Morgan fingerprint density at radius 2 is 1.97 bits per heavy atom. The summed E-state index contributed by atoms with van der Waals surface area (Å²) in [6, 6.07) is 6.89. The monoisotopic (exact) mass is 436 g/mol. The third-order valence-corrected chi connectivity index (χ3v) is 5.70. The quantitative estimate of drug-likeness (QED) is 0.631. The second-order valence-electron chi connectivity index (χ2n) is 7.10. The van der Waals surface area contributed by atoms with Crippen LogP contribution in [0.1, 0.15) is 30.2 Å². The van der Waals surface area contributed by atoms with Crippen molar-refractivity contribution in [1.29, 1.82) is 0 Å². The molecule has 6 nitrogen and oxygen atoms in total. The Balaban J connectivity index is 1.31. The predicted octanol–water partition coefficient (Wildman–Crippen LogP) is 4.64. The molecule has 1 aromatic carbocycles. The molecule has 1 N–H and O–H groups in total. The molecule has 1 amide bonds. The van der Waals surface area contributed by atoms with E-state index in [1.807, 2.05) is 21.7 Å². The average Bonchev–Trinajstić information content (AvgIpc) is 3.40. The molecule has 0 spiro atoms. The van der Waals surface area contributed by atoms with Crippen LogP contribution in [0.25, 0.3) is 11.5 Å². The number of rotatable bonds is 5. The molecular formula is C20H19F3N4O2S. The molecular weight excluding hydrogens is 417 g/mol. The van der Waals surface area contributed by atoms with Gasteiger partial charge >= 0.3 is 6.18 Å². The number of thiophene rings is 1. The van der Waals surface area contributed by atoms with E-state index in [0.717, 1.165) is 24.5 Å². The van der Waals surface area contributed by atoms with Gasteiger partial charge < -0.3 is 9.73 Å². The Kier molecular flexibility index (Phi) is 5.87. The van der Waals surface area contributed by atoms with Crippen LogP contribution in [0.5, 0.6) is 0 Å². The van der Waals surface area contributed by atoms with E-state index in [4.69, 9.17) is 4.42 Å². The van der Waals surface area contributed by atoms with Gasteiger partial charge in [0, 0.05) is 16.9 Å². The van der Waals surface area contributed by atoms with Crippen LogP contribution in [0.3, 0.4) is 0 Å². The van der Waals surface area contributed by atoms with Crippen molar-refractivity contribution < 1.29 is 22.4 Å². The van der Waals surface area contributed by atoms with Gasteiger partial charge in [0.05, 0.1) is 17.8 Å². The number of hydrogen-bond donors (Lipinski definition) is 1. The summed E-state index contributed by atoms with van der Waals surface area (Å²) in [5.74, 6) is 0.716. The highest BCUT2D eigenvalue weighted by molar-refractivity contribution is 7.08. The summed E-state index contributed by atoms with van der Waals surface area (Å²) >= 11 is 1.55. The van der Waals surface area contributed by atoms with E-state index < -0.39 is 17.6 Å². The lowest BCUT2D eigenvalue weighted by Gasteiger charge is -2.29. The standard InChI is InChI=1S/C20H19F3N4O2S/c21-20(22,23)15-3-1-2-4-16(15)24-17(28)11-27-8-5-13(6-9-27)18-25-26-19(29-18)14-7-10-30-12-14/h1-4,7,10,12-13H,5-6,8-9,11H2,(H,24,28). The molecule has 0 aliphatic carbocycles. The first-order valence-corrected chi connectivity index (χ1v) is 10.4. The molecule has 1 aliphatic heterocycles. The largest absolute Gasteiger partial charge is 0.420 e. The SMILES string of the molecule is O=C(CN1CCC(c2nnc(-c3ccsc3)o2)CC1)Nc1ccccc1C(F)(F)F. The number of benzene rings is 1. The lowest BCUT2D eigenvalue weighted by atomic mass is 9.97. The van der Waals surface area contributed by atoms with Gasteiger partial charge in [0.25, 0.3) is 0 Å². The zero-order valence-electron chi connectivity index (χ0n) is 15.9. The molecule has 4 rings (SSSR count). The molecule has 0 unspecified atom stereocenters. The van der Waals surface area contributed by atoms with Gasteiger partial charge in [-0.3, -0.25) is 9.69 Å². The highest BCUT2D eigenvalue weighted by atomic mass is 32.1. The summed E-state index contributed by atoms with van der Waals surface area (Å²) < 4.78 is 45.0. The second-order valence-corrected chi connectivity index (χ2v) is 7.88. The summed E-state index contributed by atoms with van der Waals surface area (Å²) in [6.45, 7) is 1.27. The lowest BCUT2D eigenvalue weighted by molar-refractivity contribution is -0.137. The topological polar surface area (TPSA) is 71.3 Å². The van der Waals surface area contributed by atoms with E-state index in [1.54, 1.807) is 11.3 Å². The smallest absolute Gasteiger partial charge is 0.418 e. The summed E-state index contributed by atoms with van der Waals surface area (Å²) in [4.78, 5) is 14.2. The maximum atomic E-state index is 13.1. The Morgan fingerprint density at radius 1 is 1.20 bits per heavy atom. The average molecular weight is 436 g/mol. The zero-order chi connectivity index (χ0) is 21.1. The Bertz CT molecular complexity index is 996. The first-order valence-electron chi connectivity index (χ1n) is 9.44. The number of amides is 1. The van der Waals surface area contributed by atoms with Gasteiger partial charge in [-0.1, -0.05) is 12.1 Å². The molecule has 1 aliphatic rings. The Hall–Kier alpha value is -2.72. The second kappa shape index (κ2) is 8.57. The molecule has 3 heterocycles. The van der Waals surface area contributed by atoms with Gasteiger partial charge in [0.15, 0.2) is 0 Å². The number of alkyl halides is 3. The molecule has 3 aromatic rings. The van der Waals surface area contributed by atoms with E-state index in [2.05, 4.69) is 15.5 Å². The van der Waals surface area contributed by atoms with Crippen molar-refractivity contribution in [3.63, 3.8) is 0 Å². The van der Waals surface area contributed by atoms with Crippen LogP contribution < -0.4 is 5.32 Å². The molecule has 0 saturated carbocycles. The fourth-order valence-corrected chi connectivity index (χ4v) is 4.10. The van der Waals surface area contributed by atoms with Crippen molar-refractivity contribution in [3.05, 3.63) is 52.5 Å². The number of carbonyl (C=O) groups excluding carboxylic acids is 1. The first kappa shape index (κ1) is 20.5. The van der Waals surface area contributed by atoms with Gasteiger partial charge in [0.2, 0.25) is 17.7 Å². The minimum absolute atomic E-state index is 0.0307. The number of piperidine rings is 1. The predicted molar refractivity (Wildman–Crippen MR) is 106 cm³/mol. The Labute approximate surface area is 174 Å². The summed E-state index contributed by atoms with van der Waals surface area (Å²) in [5, 5.41) is 14.5. The van der Waals surface area contributed by atoms with Gasteiger partial charge in [0.1, 0.15) is 0 Å². The third-order valence-electron chi connectivity index (χ3n) is 5.02. The molecule has 0 radical (unpaired) electrons. The maximum absolute atomic E-state index is 13.1. The van der Waals surface area contributed by atoms with Crippen molar-refractivity contribution in [1.82, 2.24) is 15.1 Å². The molecule has 0 bridgehead atoms. The number of halogens is 3. The number of aromatic nitrogens is 2. The number of likely N-dealkylation sites (tertiary alicyclic amines) is 1. The van der Waals surface area contributed by atoms with E-state index in [9.17, 15) is 18.0 Å². The highest BCUT2D eigenvalue weighted by Gasteiger charge is 2.34. The number of nitrogens with one attached hydrogen (secondary N) is 1. The van der Waals surface area contributed by atoms with E-state index >= 15 is 0 Å². The fourth-order valence-electron chi connectivity index (χ4n) is 3.47. The van der Waals surface area contributed by atoms with Crippen LogP contribution in [0, 0.1) is 0 Å². The minimum atomic E-state index is -4.52. The molecule has 158 valence electrons. The van der Waals surface area contributed by atoms with Crippen LogP contribution in [0.4, 0.5) is 18.9 Å². The van der Waals surface area contributed by atoms with Gasteiger partial charge in [-0.25, -0.2) is 0 Å². The van der Waals surface area contributed by atoms with Gasteiger partial charge in [-0.2, -0.15) is 24.5 Å². The number of carbonyl (C=O) groups is 1. The molecule has 0 atom stereocenters. The van der Waals surface area contributed by atoms with Gasteiger partial charge in [-0.15, -0.1) is 10.2 Å². The van der Waals surface area contributed by atoms with Crippen molar-refractivity contribution in [2.45, 2.75) is 24.9 Å². The van der Waals surface area contributed by atoms with Gasteiger partial charge in [-0.05, 0) is 49.5 Å². The molecule has 1 saturated heterocycles. The molecule has 10 heteroatoms. The molecule has 1 fully saturated rings. The van der Waals surface area contributed by atoms with E-state index in [-0.39, 0.29) is 18.2 Å². The van der Waals surface area contributed by atoms with Crippen LogP contribution in [0.2, 0.25) is 0 Å². The lowest BCUT2D eigenvalue weighted by Crippen LogP contribution is -2.39.